The normalized spacial score (nSPS) is 16.0. The Kier molecular flexibility index (Phi) is 5.57. The molecule has 0 radical (unpaired) electrons. The molecule has 29 heavy (non-hydrogen) atoms. The van der Waals surface area contributed by atoms with Crippen molar-refractivity contribution in [3.63, 3.8) is 0 Å². The number of fused-ring (bicyclic) bond motifs is 1. The number of aromatic nitrogens is 1. The van der Waals surface area contributed by atoms with Crippen LogP contribution in [0, 0.1) is 0 Å². The quantitative estimate of drug-likeness (QED) is 0.619. The number of carbonyl (C=O) groups is 1. The minimum atomic E-state index is -0.618. The molecule has 0 N–H and O–H groups in total. The van der Waals surface area contributed by atoms with Crippen molar-refractivity contribution in [2.75, 3.05) is 26.2 Å². The molecule has 2 aromatic heterocycles. The first kappa shape index (κ1) is 19.1. The summed E-state index contributed by atoms with van der Waals surface area (Å²) in [5.41, 5.74) is 1.20. The SMILES string of the molecule is CC(Oc1ccc2ccc(=O)oc2c1)C(=O)N1CCN(Cc2cccnc2)CC1. The molecule has 4 rings (SSSR count). The van der Waals surface area contributed by atoms with Crippen LogP contribution in [0.3, 0.4) is 0 Å². The first-order valence-corrected chi connectivity index (χ1v) is 9.69. The van der Waals surface area contributed by atoms with Crippen LogP contribution in [-0.2, 0) is 11.3 Å². The topological polar surface area (TPSA) is 75.9 Å². The van der Waals surface area contributed by atoms with E-state index in [0.717, 1.165) is 25.0 Å². The minimum absolute atomic E-state index is 0.0411. The zero-order valence-corrected chi connectivity index (χ0v) is 16.3. The average Bonchev–Trinajstić information content (AvgIpc) is 2.74. The Morgan fingerprint density at radius 2 is 1.97 bits per heavy atom. The number of carbonyl (C=O) groups excluding carboxylic acids is 1. The number of hydrogen-bond donors (Lipinski definition) is 0. The van der Waals surface area contributed by atoms with Crippen molar-refractivity contribution < 1.29 is 13.9 Å². The summed E-state index contributed by atoms with van der Waals surface area (Å²) >= 11 is 0. The molecule has 1 unspecified atom stereocenters. The van der Waals surface area contributed by atoms with Crippen molar-refractivity contribution in [3.8, 4) is 5.75 Å². The van der Waals surface area contributed by atoms with Gasteiger partial charge in [0.1, 0.15) is 11.3 Å². The number of amides is 1. The summed E-state index contributed by atoms with van der Waals surface area (Å²) in [6.07, 6.45) is 3.02. The lowest BCUT2D eigenvalue weighted by Crippen LogP contribution is -2.51. The van der Waals surface area contributed by atoms with E-state index in [4.69, 9.17) is 9.15 Å². The summed E-state index contributed by atoms with van der Waals surface area (Å²) in [6.45, 7) is 5.54. The Labute approximate surface area is 168 Å². The van der Waals surface area contributed by atoms with Crippen molar-refractivity contribution in [1.82, 2.24) is 14.8 Å². The second-order valence-electron chi connectivity index (χ2n) is 7.18. The average molecular weight is 393 g/mol. The Morgan fingerprint density at radius 3 is 2.72 bits per heavy atom. The zero-order valence-electron chi connectivity index (χ0n) is 16.3. The second-order valence-corrected chi connectivity index (χ2v) is 7.18. The highest BCUT2D eigenvalue weighted by atomic mass is 16.5. The molecule has 1 saturated heterocycles. The van der Waals surface area contributed by atoms with Gasteiger partial charge in [-0.1, -0.05) is 6.07 Å². The van der Waals surface area contributed by atoms with Gasteiger partial charge in [0.05, 0.1) is 0 Å². The Balaban J connectivity index is 1.33. The van der Waals surface area contributed by atoms with Crippen molar-refractivity contribution >= 4 is 16.9 Å². The van der Waals surface area contributed by atoms with Gasteiger partial charge >= 0.3 is 5.63 Å². The third-order valence-corrected chi connectivity index (χ3v) is 5.07. The van der Waals surface area contributed by atoms with E-state index in [9.17, 15) is 9.59 Å². The summed E-state index contributed by atoms with van der Waals surface area (Å²) in [6, 6.07) is 12.3. The fraction of sp³-hybridized carbons (Fsp3) is 0.318. The molecule has 1 aromatic carbocycles. The molecule has 150 valence electrons. The van der Waals surface area contributed by atoms with Crippen LogP contribution >= 0.6 is 0 Å². The second kappa shape index (κ2) is 8.45. The molecule has 1 amide bonds. The molecule has 1 aliphatic heterocycles. The van der Waals surface area contributed by atoms with Crippen LogP contribution < -0.4 is 10.4 Å². The number of piperazine rings is 1. The van der Waals surface area contributed by atoms with Gasteiger partial charge in [0.2, 0.25) is 0 Å². The van der Waals surface area contributed by atoms with Gasteiger partial charge in [0.15, 0.2) is 6.10 Å². The maximum Gasteiger partial charge on any atom is 0.336 e. The van der Waals surface area contributed by atoms with Crippen molar-refractivity contribution in [1.29, 1.82) is 0 Å². The van der Waals surface area contributed by atoms with E-state index in [1.165, 1.54) is 11.6 Å². The Bertz CT molecular complexity index is 1040. The number of benzene rings is 1. The molecule has 0 spiro atoms. The van der Waals surface area contributed by atoms with Crippen LogP contribution in [0.5, 0.6) is 5.75 Å². The smallest absolute Gasteiger partial charge is 0.336 e. The molecular weight excluding hydrogens is 370 g/mol. The molecule has 7 nitrogen and oxygen atoms in total. The molecule has 0 aliphatic carbocycles. The molecular formula is C22H23N3O4. The predicted octanol–water partition coefficient (Wildman–Crippen LogP) is 2.30. The highest BCUT2D eigenvalue weighted by Gasteiger charge is 2.26. The van der Waals surface area contributed by atoms with Crippen LogP contribution in [0.15, 0.2) is 64.1 Å². The van der Waals surface area contributed by atoms with Crippen LogP contribution in [0.1, 0.15) is 12.5 Å². The van der Waals surface area contributed by atoms with E-state index in [1.807, 2.05) is 23.2 Å². The summed E-state index contributed by atoms with van der Waals surface area (Å²) in [5.74, 6) is 0.462. The van der Waals surface area contributed by atoms with Gasteiger partial charge in [-0.25, -0.2) is 4.79 Å². The maximum absolute atomic E-state index is 12.8. The fourth-order valence-corrected chi connectivity index (χ4v) is 3.50. The third kappa shape index (κ3) is 4.63. The molecule has 7 heteroatoms. The molecule has 1 aliphatic rings. The predicted molar refractivity (Wildman–Crippen MR) is 109 cm³/mol. The first-order valence-electron chi connectivity index (χ1n) is 9.69. The summed E-state index contributed by atoms with van der Waals surface area (Å²) < 4.78 is 11.0. The number of hydrogen-bond acceptors (Lipinski definition) is 6. The van der Waals surface area contributed by atoms with Gasteiger partial charge in [0, 0.05) is 62.6 Å². The summed E-state index contributed by atoms with van der Waals surface area (Å²) in [4.78, 5) is 32.5. The van der Waals surface area contributed by atoms with E-state index in [1.54, 1.807) is 31.3 Å². The van der Waals surface area contributed by atoms with E-state index in [-0.39, 0.29) is 5.91 Å². The number of rotatable bonds is 5. The molecule has 1 fully saturated rings. The van der Waals surface area contributed by atoms with Crippen molar-refractivity contribution in [2.45, 2.75) is 19.6 Å². The molecule has 0 saturated carbocycles. The van der Waals surface area contributed by atoms with E-state index in [0.29, 0.717) is 24.4 Å². The monoisotopic (exact) mass is 393 g/mol. The maximum atomic E-state index is 12.8. The Hall–Kier alpha value is -3.19. The van der Waals surface area contributed by atoms with Gasteiger partial charge < -0.3 is 14.1 Å². The van der Waals surface area contributed by atoms with Crippen LogP contribution in [0.4, 0.5) is 0 Å². The lowest BCUT2D eigenvalue weighted by atomic mass is 10.2. The van der Waals surface area contributed by atoms with Crippen LogP contribution in [0.25, 0.3) is 11.0 Å². The summed E-state index contributed by atoms with van der Waals surface area (Å²) in [7, 11) is 0. The highest BCUT2D eigenvalue weighted by Crippen LogP contribution is 2.21. The number of pyridine rings is 1. The van der Waals surface area contributed by atoms with Gasteiger partial charge in [0.25, 0.3) is 5.91 Å². The number of nitrogens with zero attached hydrogens (tertiary/aromatic N) is 3. The molecule has 3 heterocycles. The zero-order chi connectivity index (χ0) is 20.2. The highest BCUT2D eigenvalue weighted by molar-refractivity contribution is 5.81. The first-order chi connectivity index (χ1) is 14.1. The standard InChI is InChI=1S/C22H23N3O4/c1-16(28-19-6-4-18-5-7-21(26)29-20(18)13-19)22(27)25-11-9-24(10-12-25)15-17-3-2-8-23-14-17/h2-8,13-14,16H,9-12,15H2,1H3. The number of ether oxygens (including phenoxy) is 1. The fourth-order valence-electron chi connectivity index (χ4n) is 3.50. The lowest BCUT2D eigenvalue weighted by molar-refractivity contribution is -0.139. The molecule has 3 aromatic rings. The van der Waals surface area contributed by atoms with Gasteiger partial charge in [-0.05, 0) is 36.8 Å². The van der Waals surface area contributed by atoms with E-state index >= 15 is 0 Å². The Morgan fingerprint density at radius 1 is 1.17 bits per heavy atom. The summed E-state index contributed by atoms with van der Waals surface area (Å²) in [5, 5.41) is 0.806. The molecule has 1 atom stereocenters. The van der Waals surface area contributed by atoms with Gasteiger partial charge in [-0.15, -0.1) is 0 Å². The third-order valence-electron chi connectivity index (χ3n) is 5.07. The van der Waals surface area contributed by atoms with Gasteiger partial charge in [-0.2, -0.15) is 0 Å². The largest absolute Gasteiger partial charge is 0.481 e. The molecule has 0 bridgehead atoms. The van der Waals surface area contributed by atoms with Crippen LogP contribution in [0.2, 0.25) is 0 Å². The van der Waals surface area contributed by atoms with E-state index < -0.39 is 11.7 Å². The minimum Gasteiger partial charge on any atom is -0.481 e. The van der Waals surface area contributed by atoms with Crippen LogP contribution in [-0.4, -0.2) is 53.0 Å². The van der Waals surface area contributed by atoms with Crippen molar-refractivity contribution in [2.24, 2.45) is 0 Å². The van der Waals surface area contributed by atoms with E-state index in [2.05, 4.69) is 16.0 Å². The lowest BCUT2D eigenvalue weighted by Gasteiger charge is -2.35. The van der Waals surface area contributed by atoms with Crippen molar-refractivity contribution in [3.05, 3.63) is 70.8 Å². The van der Waals surface area contributed by atoms with Gasteiger partial charge in [-0.3, -0.25) is 14.7 Å².